The monoisotopic (exact) mass is 294 g/mol. The average Bonchev–Trinajstić information content (AvgIpc) is 3.11. The first-order valence-corrected chi connectivity index (χ1v) is 7.06. The molecule has 0 saturated heterocycles. The Hall–Kier alpha value is -3.02. The second-order valence-electron chi connectivity index (χ2n) is 5.35. The molecule has 0 spiro atoms. The molecule has 6 nitrogen and oxygen atoms in total. The zero-order valence-corrected chi connectivity index (χ0v) is 11.6. The number of amides is 2. The van der Waals surface area contributed by atoms with Crippen LogP contribution in [0.15, 0.2) is 42.7 Å². The summed E-state index contributed by atoms with van der Waals surface area (Å²) >= 11 is 0. The summed E-state index contributed by atoms with van der Waals surface area (Å²) in [5, 5.41) is 6.62. The number of anilines is 1. The number of nitrogens with one attached hydrogen (secondary N) is 4. The van der Waals surface area contributed by atoms with Gasteiger partial charge in [-0.3, -0.25) is 9.59 Å². The van der Waals surface area contributed by atoms with Gasteiger partial charge in [0.05, 0.1) is 5.69 Å². The van der Waals surface area contributed by atoms with Gasteiger partial charge in [-0.1, -0.05) is 18.2 Å². The Bertz CT molecular complexity index is 877. The Morgan fingerprint density at radius 2 is 1.91 bits per heavy atom. The molecular formula is C16H14N4O2. The highest BCUT2D eigenvalue weighted by molar-refractivity contribution is 6.09. The van der Waals surface area contributed by atoms with E-state index in [-0.39, 0.29) is 11.8 Å². The Labute approximate surface area is 125 Å². The fourth-order valence-electron chi connectivity index (χ4n) is 2.84. The number of rotatable bonds is 2. The molecule has 0 saturated carbocycles. The van der Waals surface area contributed by atoms with Gasteiger partial charge in [-0.05, 0) is 17.7 Å². The molecule has 3 heterocycles. The van der Waals surface area contributed by atoms with Crippen molar-refractivity contribution in [2.45, 2.75) is 12.5 Å². The van der Waals surface area contributed by atoms with Crippen molar-refractivity contribution in [2.75, 3.05) is 5.32 Å². The lowest BCUT2D eigenvalue weighted by Gasteiger charge is -2.14. The number of para-hydroxylation sites is 1. The maximum atomic E-state index is 12.3. The van der Waals surface area contributed by atoms with Crippen molar-refractivity contribution in [2.24, 2.45) is 0 Å². The summed E-state index contributed by atoms with van der Waals surface area (Å²) in [6, 6.07) is 8.97. The molecule has 1 aliphatic heterocycles. The predicted molar refractivity (Wildman–Crippen MR) is 82.7 cm³/mol. The number of carbonyl (C=O) groups is 2. The average molecular weight is 294 g/mol. The maximum absolute atomic E-state index is 12.3. The van der Waals surface area contributed by atoms with Crippen molar-refractivity contribution in [1.82, 2.24) is 15.3 Å². The van der Waals surface area contributed by atoms with E-state index in [4.69, 9.17) is 0 Å². The summed E-state index contributed by atoms with van der Waals surface area (Å²) in [7, 11) is 0. The summed E-state index contributed by atoms with van der Waals surface area (Å²) < 4.78 is 0. The van der Waals surface area contributed by atoms with Crippen LogP contribution in [-0.2, 0) is 11.2 Å². The molecule has 1 aliphatic rings. The van der Waals surface area contributed by atoms with Gasteiger partial charge in [0.15, 0.2) is 0 Å². The molecule has 1 aromatic carbocycles. The Morgan fingerprint density at radius 1 is 1.05 bits per heavy atom. The van der Waals surface area contributed by atoms with Crippen LogP contribution in [0.5, 0.6) is 0 Å². The molecule has 3 aromatic rings. The van der Waals surface area contributed by atoms with Gasteiger partial charge in [0.1, 0.15) is 11.7 Å². The van der Waals surface area contributed by atoms with Crippen molar-refractivity contribution >= 4 is 28.4 Å². The van der Waals surface area contributed by atoms with E-state index in [0.717, 1.165) is 16.5 Å². The van der Waals surface area contributed by atoms with Crippen molar-refractivity contribution < 1.29 is 9.59 Å². The minimum absolute atomic E-state index is 0.211. The summed E-state index contributed by atoms with van der Waals surface area (Å²) in [4.78, 5) is 30.5. The van der Waals surface area contributed by atoms with Gasteiger partial charge in [-0.2, -0.15) is 0 Å². The molecule has 22 heavy (non-hydrogen) atoms. The second-order valence-corrected chi connectivity index (χ2v) is 5.35. The normalized spacial score (nSPS) is 17.7. The molecule has 0 fully saturated rings. The zero-order chi connectivity index (χ0) is 15.1. The molecule has 4 rings (SSSR count). The van der Waals surface area contributed by atoms with Crippen molar-refractivity contribution in [3.05, 3.63) is 54.0 Å². The quantitative estimate of drug-likeness (QED) is 0.580. The molecule has 1 unspecified atom stereocenters. The second kappa shape index (κ2) is 4.77. The van der Waals surface area contributed by atoms with E-state index in [1.807, 2.05) is 30.5 Å². The highest BCUT2D eigenvalue weighted by Crippen LogP contribution is 2.22. The summed E-state index contributed by atoms with van der Waals surface area (Å²) in [6.07, 6.45) is 3.95. The molecule has 2 amide bonds. The number of carbonyl (C=O) groups excluding carboxylic acids is 2. The van der Waals surface area contributed by atoms with Gasteiger partial charge in [0.2, 0.25) is 5.91 Å². The lowest BCUT2D eigenvalue weighted by Crippen LogP contribution is -2.42. The van der Waals surface area contributed by atoms with E-state index >= 15 is 0 Å². The molecule has 0 bridgehead atoms. The Morgan fingerprint density at radius 3 is 2.82 bits per heavy atom. The largest absolute Gasteiger partial charge is 0.361 e. The predicted octanol–water partition coefficient (Wildman–Crippen LogP) is 1.79. The lowest BCUT2D eigenvalue weighted by atomic mass is 10.0. The number of fused-ring (bicyclic) bond motifs is 2. The Kier molecular flexibility index (Phi) is 2.75. The number of aromatic amines is 2. The minimum atomic E-state index is -0.604. The van der Waals surface area contributed by atoms with Gasteiger partial charge in [0.25, 0.3) is 5.91 Å². The molecule has 0 radical (unpaired) electrons. The summed E-state index contributed by atoms with van der Waals surface area (Å²) in [6.45, 7) is 0. The van der Waals surface area contributed by atoms with Crippen molar-refractivity contribution in [3.63, 3.8) is 0 Å². The van der Waals surface area contributed by atoms with E-state index in [1.54, 1.807) is 12.3 Å². The van der Waals surface area contributed by atoms with Crippen LogP contribution in [0.25, 0.3) is 10.9 Å². The van der Waals surface area contributed by atoms with Gasteiger partial charge in [-0.25, -0.2) is 0 Å². The minimum Gasteiger partial charge on any atom is -0.361 e. The number of hydrogen-bond donors (Lipinski definition) is 4. The smallest absolute Gasteiger partial charge is 0.270 e. The third-order valence-electron chi connectivity index (χ3n) is 3.95. The number of benzene rings is 1. The van der Waals surface area contributed by atoms with E-state index < -0.39 is 6.04 Å². The van der Waals surface area contributed by atoms with E-state index in [9.17, 15) is 9.59 Å². The molecule has 6 heteroatoms. The van der Waals surface area contributed by atoms with Crippen LogP contribution < -0.4 is 10.6 Å². The van der Waals surface area contributed by atoms with Crippen LogP contribution in [0.4, 0.5) is 5.69 Å². The van der Waals surface area contributed by atoms with Gasteiger partial charge in [-0.15, -0.1) is 0 Å². The fraction of sp³-hybridized carbons (Fsp3) is 0.125. The Balaban J connectivity index is 1.64. The first-order chi connectivity index (χ1) is 10.7. The highest BCUT2D eigenvalue weighted by atomic mass is 16.2. The number of H-pyrrole nitrogens is 2. The molecule has 2 aromatic heterocycles. The van der Waals surface area contributed by atoms with Crippen molar-refractivity contribution in [1.29, 1.82) is 0 Å². The third-order valence-corrected chi connectivity index (χ3v) is 3.95. The van der Waals surface area contributed by atoms with Gasteiger partial charge >= 0.3 is 0 Å². The van der Waals surface area contributed by atoms with Crippen LogP contribution in [0.3, 0.4) is 0 Å². The molecular weight excluding hydrogens is 280 g/mol. The third kappa shape index (κ3) is 1.96. The first kappa shape index (κ1) is 12.7. The van der Waals surface area contributed by atoms with E-state index in [1.165, 1.54) is 0 Å². The SMILES string of the molecule is O=C1NC(Cc2c[nH]c3ccccc23)C(=O)Nc2cc[nH]c21. The van der Waals surface area contributed by atoms with Crippen LogP contribution in [-0.4, -0.2) is 27.8 Å². The highest BCUT2D eigenvalue weighted by Gasteiger charge is 2.29. The number of hydrogen-bond acceptors (Lipinski definition) is 2. The molecule has 0 aliphatic carbocycles. The molecule has 4 N–H and O–H groups in total. The maximum Gasteiger partial charge on any atom is 0.270 e. The first-order valence-electron chi connectivity index (χ1n) is 7.06. The van der Waals surface area contributed by atoms with Gasteiger partial charge in [0, 0.05) is 29.7 Å². The van der Waals surface area contributed by atoms with Crippen LogP contribution >= 0.6 is 0 Å². The number of aromatic nitrogens is 2. The summed E-state index contributed by atoms with van der Waals surface area (Å²) in [5.41, 5.74) is 2.92. The summed E-state index contributed by atoms with van der Waals surface area (Å²) in [5.74, 6) is -0.486. The fourth-order valence-corrected chi connectivity index (χ4v) is 2.84. The van der Waals surface area contributed by atoms with Crippen LogP contribution in [0, 0.1) is 0 Å². The van der Waals surface area contributed by atoms with Gasteiger partial charge < -0.3 is 20.6 Å². The lowest BCUT2D eigenvalue weighted by molar-refractivity contribution is -0.117. The van der Waals surface area contributed by atoms with Crippen molar-refractivity contribution in [3.8, 4) is 0 Å². The van der Waals surface area contributed by atoms with Crippen LogP contribution in [0.2, 0.25) is 0 Å². The topological polar surface area (TPSA) is 89.8 Å². The zero-order valence-electron chi connectivity index (χ0n) is 11.6. The molecule has 110 valence electrons. The van der Waals surface area contributed by atoms with Crippen LogP contribution in [0.1, 0.15) is 16.1 Å². The molecule has 1 atom stereocenters. The standard InChI is InChI=1S/C16H14N4O2/c21-15-13(20-16(22)14-12(19-15)5-6-17-14)7-9-8-18-11-4-2-1-3-10(9)11/h1-6,8,13,17-18H,7H2,(H,19,21)(H,20,22). The van der Waals surface area contributed by atoms with E-state index in [0.29, 0.717) is 17.8 Å². The van der Waals surface area contributed by atoms with E-state index in [2.05, 4.69) is 20.6 Å².